The van der Waals surface area contributed by atoms with Gasteiger partial charge < -0.3 is 31.4 Å². The van der Waals surface area contributed by atoms with E-state index in [0.29, 0.717) is 30.0 Å². The van der Waals surface area contributed by atoms with Crippen LogP contribution in [0.2, 0.25) is 0 Å². The number of carbonyl (C=O) groups is 5. The van der Waals surface area contributed by atoms with Crippen LogP contribution >= 0.6 is 23.1 Å². The summed E-state index contributed by atoms with van der Waals surface area (Å²) in [6.45, 7) is 1.35. The average Bonchev–Trinajstić information content (AvgIpc) is 3.55. The molecule has 4 heterocycles. The van der Waals surface area contributed by atoms with Crippen LogP contribution in [0.4, 0.5) is 18.3 Å². The van der Waals surface area contributed by atoms with Crippen molar-refractivity contribution in [3.8, 4) is 0 Å². The normalized spacial score (nSPS) is 23.3. The molecule has 1 aromatic rings. The highest BCUT2D eigenvalue weighted by atomic mass is 32.2. The summed E-state index contributed by atoms with van der Waals surface area (Å²) in [6.07, 6.45) is -0.682. The van der Waals surface area contributed by atoms with Crippen LogP contribution in [0.1, 0.15) is 25.0 Å². The summed E-state index contributed by atoms with van der Waals surface area (Å²) in [7, 11) is 0. The van der Waals surface area contributed by atoms with Crippen molar-refractivity contribution in [2.75, 3.05) is 24.6 Å². The van der Waals surface area contributed by atoms with E-state index in [1.165, 1.54) is 17.1 Å². The zero-order valence-corrected chi connectivity index (χ0v) is 23.0. The lowest BCUT2D eigenvalue weighted by molar-refractivity contribution is -0.192. The first-order valence-electron chi connectivity index (χ1n) is 12.2. The Kier molecular flexibility index (Phi) is 8.81. The third-order valence-corrected chi connectivity index (χ3v) is 8.52. The lowest BCUT2D eigenvalue weighted by Crippen LogP contribution is -2.71. The summed E-state index contributed by atoms with van der Waals surface area (Å²) in [5, 5.41) is 32.7. The summed E-state index contributed by atoms with van der Waals surface area (Å²) in [5.41, 5.74) is 5.97. The van der Waals surface area contributed by atoms with Gasteiger partial charge in [0, 0.05) is 29.8 Å². The molecule has 14 nitrogen and oxygen atoms in total. The van der Waals surface area contributed by atoms with Gasteiger partial charge in [-0.05, 0) is 36.8 Å². The molecule has 3 amide bonds. The number of hydrogen-bond donors (Lipinski definition) is 5. The van der Waals surface area contributed by atoms with E-state index in [4.69, 9.17) is 15.6 Å². The maximum atomic E-state index is 12.9. The monoisotopic (exact) mass is 632 g/mol. The van der Waals surface area contributed by atoms with Crippen LogP contribution < -0.4 is 11.1 Å². The number of nitrogens with zero attached hydrogens (tertiary/aromatic N) is 4. The highest BCUT2D eigenvalue weighted by Crippen LogP contribution is 2.41. The Hall–Kier alpha value is -4.13. The number of thioether (sulfide) groups is 1. The summed E-state index contributed by atoms with van der Waals surface area (Å²) < 4.78 is 31.7. The number of nitrogens with one attached hydrogen (secondary N) is 1. The van der Waals surface area contributed by atoms with E-state index in [-0.39, 0.29) is 28.2 Å². The Morgan fingerprint density at radius 2 is 1.90 bits per heavy atom. The highest BCUT2D eigenvalue weighted by Gasteiger charge is 2.54. The number of anilines is 1. The molecule has 6 N–H and O–H groups in total. The van der Waals surface area contributed by atoms with Crippen molar-refractivity contribution in [2.45, 2.75) is 36.9 Å². The van der Waals surface area contributed by atoms with E-state index in [1.54, 1.807) is 11.0 Å². The fourth-order valence-electron chi connectivity index (χ4n) is 4.37. The Labute approximate surface area is 242 Å². The summed E-state index contributed by atoms with van der Waals surface area (Å²) >= 11 is 2.34. The number of hydrogen-bond acceptors (Lipinski definition) is 11. The van der Waals surface area contributed by atoms with Crippen LogP contribution in [0.25, 0.3) is 0 Å². The molecular formula is C23H23F3N6O8S2. The van der Waals surface area contributed by atoms with Crippen LogP contribution in [-0.4, -0.2) is 102 Å². The lowest BCUT2D eigenvalue weighted by atomic mass is 10.0. The Balaban J connectivity index is 0.000000517. The van der Waals surface area contributed by atoms with Crippen molar-refractivity contribution >= 4 is 63.6 Å². The van der Waals surface area contributed by atoms with Crippen LogP contribution in [0.15, 0.2) is 33.5 Å². The topological polar surface area (TPSA) is 216 Å². The number of nitrogens with two attached hydrogens (primary N) is 1. The molecule has 0 spiro atoms. The number of halogens is 3. The number of carboxylic acids is 2. The van der Waals surface area contributed by atoms with E-state index in [9.17, 15) is 42.7 Å². The third kappa shape index (κ3) is 6.51. The SMILES string of the molecule is Nc1nc(C(=NO)C(=O)N[C@@H]2C(=O)N3C(C(=O)O)=C(C=C4CCN(CC5CC5)C4=O)CS[C@H]23)cs1.O=C(O)C(F)(F)F. The van der Waals surface area contributed by atoms with Gasteiger partial charge in [-0.1, -0.05) is 5.16 Å². The van der Waals surface area contributed by atoms with Crippen LogP contribution in [0, 0.1) is 5.92 Å². The maximum absolute atomic E-state index is 12.9. The van der Waals surface area contributed by atoms with E-state index >= 15 is 0 Å². The van der Waals surface area contributed by atoms with E-state index in [0.717, 1.165) is 35.6 Å². The molecule has 3 aliphatic heterocycles. The van der Waals surface area contributed by atoms with Crippen molar-refractivity contribution in [3.63, 3.8) is 0 Å². The molecular weight excluding hydrogens is 609 g/mol. The first-order chi connectivity index (χ1) is 19.7. The second kappa shape index (κ2) is 12.0. The molecule has 0 aromatic carbocycles. The van der Waals surface area contributed by atoms with Gasteiger partial charge in [-0.3, -0.25) is 19.3 Å². The molecule has 1 aromatic heterocycles. The number of aromatic nitrogens is 1. The van der Waals surface area contributed by atoms with Gasteiger partial charge in [-0.25, -0.2) is 14.6 Å². The number of rotatable bonds is 7. The number of carbonyl (C=O) groups excluding carboxylic acids is 3. The number of allylic oxidation sites excluding steroid dienone is 1. The molecule has 2 saturated heterocycles. The van der Waals surface area contributed by atoms with Gasteiger partial charge in [-0.2, -0.15) is 13.2 Å². The number of β-lactam (4-membered cyclic amide) rings is 1. The molecule has 0 unspecified atom stereocenters. The first-order valence-corrected chi connectivity index (χ1v) is 14.1. The van der Waals surface area contributed by atoms with Gasteiger partial charge in [0.2, 0.25) is 5.91 Å². The third-order valence-electron chi connectivity index (χ3n) is 6.55. The van der Waals surface area contributed by atoms with Crippen molar-refractivity contribution in [1.82, 2.24) is 20.1 Å². The number of aliphatic carboxylic acids is 2. The van der Waals surface area contributed by atoms with Crippen LogP contribution in [-0.2, 0) is 24.0 Å². The van der Waals surface area contributed by atoms with Crippen LogP contribution in [0.5, 0.6) is 0 Å². The zero-order chi connectivity index (χ0) is 30.9. The van der Waals surface area contributed by atoms with Crippen LogP contribution in [0.3, 0.4) is 0 Å². The smallest absolute Gasteiger partial charge is 0.477 e. The van der Waals surface area contributed by atoms with Gasteiger partial charge in [0.1, 0.15) is 22.8 Å². The van der Waals surface area contributed by atoms with Gasteiger partial charge in [0.25, 0.3) is 11.8 Å². The first kappa shape index (κ1) is 30.8. The average molecular weight is 633 g/mol. The molecule has 4 aliphatic rings. The minimum atomic E-state index is -5.08. The molecule has 1 aliphatic carbocycles. The molecule has 2 atom stereocenters. The number of alkyl halides is 3. The summed E-state index contributed by atoms with van der Waals surface area (Å²) in [4.78, 5) is 66.1. The summed E-state index contributed by atoms with van der Waals surface area (Å²) in [6, 6.07) is -1.01. The van der Waals surface area contributed by atoms with E-state index in [1.807, 2.05) is 0 Å². The van der Waals surface area contributed by atoms with Crippen molar-refractivity contribution in [3.05, 3.63) is 34.0 Å². The standard InChI is InChI=1S/C21H22N6O6S2.C2HF3O2/c22-21-23-12(8-35-21)13(25-33)16(28)24-14-18(30)27-15(20(31)32)11(7-34-19(14)27)5-10-3-4-26(17(10)29)6-9-1-2-9;3-2(4,5)1(6)7/h5,8-9,14,19,33H,1-4,6-7H2,(H2,22,23)(H,24,28)(H,31,32);(H,6,7)/t14-,19-;/m1./s1. The Bertz CT molecular complexity index is 1420. The molecule has 19 heteroatoms. The van der Waals surface area contributed by atoms with Crippen molar-refractivity contribution < 1.29 is 52.6 Å². The second-order valence-corrected chi connectivity index (χ2v) is 11.5. The van der Waals surface area contributed by atoms with Gasteiger partial charge in [-0.15, -0.1) is 23.1 Å². The zero-order valence-electron chi connectivity index (χ0n) is 21.3. The number of amides is 3. The predicted octanol–water partition coefficient (Wildman–Crippen LogP) is 0.844. The number of nitrogen functional groups attached to an aromatic ring is 1. The molecule has 1 saturated carbocycles. The number of thiazole rings is 1. The molecule has 5 rings (SSSR count). The molecule has 226 valence electrons. The van der Waals surface area contributed by atoms with Gasteiger partial charge in [0.15, 0.2) is 10.8 Å². The van der Waals surface area contributed by atoms with E-state index < -0.39 is 47.1 Å². The fraction of sp³-hybridized carbons (Fsp3) is 0.435. The fourth-order valence-corrected chi connectivity index (χ4v) is 6.22. The molecule has 0 bridgehead atoms. The van der Waals surface area contributed by atoms with Gasteiger partial charge in [0.05, 0.1) is 0 Å². The Morgan fingerprint density at radius 1 is 1.24 bits per heavy atom. The lowest BCUT2D eigenvalue weighted by Gasteiger charge is -2.49. The summed E-state index contributed by atoms with van der Waals surface area (Å²) in [5.74, 6) is -4.74. The number of carboxylic acid groups (broad SMARTS) is 2. The van der Waals surface area contributed by atoms with Crippen molar-refractivity contribution in [1.29, 1.82) is 0 Å². The largest absolute Gasteiger partial charge is 0.490 e. The maximum Gasteiger partial charge on any atom is 0.490 e. The van der Waals surface area contributed by atoms with E-state index in [2.05, 4.69) is 15.5 Å². The Morgan fingerprint density at radius 3 is 2.43 bits per heavy atom. The number of fused-ring (bicyclic) bond motifs is 1. The van der Waals surface area contributed by atoms with Gasteiger partial charge >= 0.3 is 18.1 Å². The molecule has 3 fully saturated rings. The highest BCUT2D eigenvalue weighted by molar-refractivity contribution is 8.00. The molecule has 0 radical (unpaired) electrons. The number of oxime groups is 1. The quantitative estimate of drug-likeness (QED) is 0.0933. The van der Waals surface area contributed by atoms with Crippen molar-refractivity contribution in [2.24, 2.45) is 11.1 Å². The minimum absolute atomic E-state index is 0.0596. The predicted molar refractivity (Wildman–Crippen MR) is 140 cm³/mol. The minimum Gasteiger partial charge on any atom is -0.477 e. The molecule has 42 heavy (non-hydrogen) atoms. The second-order valence-electron chi connectivity index (χ2n) is 9.48. The number of likely N-dealkylation sites (tertiary alicyclic amines) is 1.